The van der Waals surface area contributed by atoms with E-state index >= 15 is 0 Å². The maximum absolute atomic E-state index is 11.9. The lowest BCUT2D eigenvalue weighted by Crippen LogP contribution is -2.32. The number of aromatic nitrogens is 1. The fourth-order valence-electron chi connectivity index (χ4n) is 2.72. The molecule has 1 aromatic rings. The summed E-state index contributed by atoms with van der Waals surface area (Å²) in [5.41, 5.74) is 0.778. The second kappa shape index (κ2) is 5.47. The Bertz CT molecular complexity index is 433. The van der Waals surface area contributed by atoms with Gasteiger partial charge < -0.3 is 15.1 Å². The summed E-state index contributed by atoms with van der Waals surface area (Å²) in [4.78, 5) is 20.5. The molecule has 0 radical (unpaired) electrons. The van der Waals surface area contributed by atoms with Crippen molar-refractivity contribution in [3.8, 4) is 0 Å². The summed E-state index contributed by atoms with van der Waals surface area (Å²) in [6, 6.07) is 3.92. The molecule has 5 heteroatoms. The second-order valence-corrected chi connectivity index (χ2v) is 5.22. The summed E-state index contributed by atoms with van der Waals surface area (Å²) in [7, 11) is 0. The molecule has 1 N–H and O–H groups in total. The minimum atomic E-state index is -0.00628. The van der Waals surface area contributed by atoms with Crippen LogP contribution in [0.3, 0.4) is 0 Å². The zero-order chi connectivity index (χ0) is 13.1. The molecule has 2 aliphatic rings. The Hall–Kier alpha value is -1.78. The quantitative estimate of drug-likeness (QED) is 0.887. The molecule has 0 saturated carbocycles. The average Bonchev–Trinajstić information content (AvgIpc) is 3.13. The van der Waals surface area contributed by atoms with Crippen molar-refractivity contribution in [1.29, 1.82) is 0 Å². The van der Waals surface area contributed by atoms with Crippen LogP contribution in [0.5, 0.6) is 0 Å². The van der Waals surface area contributed by atoms with Gasteiger partial charge in [0.2, 0.25) is 0 Å². The molecule has 2 fully saturated rings. The summed E-state index contributed by atoms with van der Waals surface area (Å²) < 4.78 is 0. The zero-order valence-corrected chi connectivity index (χ0v) is 11.1. The summed E-state index contributed by atoms with van der Waals surface area (Å²) >= 11 is 0. The lowest BCUT2D eigenvalue weighted by atomic mass is 10.4. The number of carbonyl (C=O) groups is 1. The molecule has 0 atom stereocenters. The van der Waals surface area contributed by atoms with Gasteiger partial charge in [0.25, 0.3) is 0 Å². The zero-order valence-electron chi connectivity index (χ0n) is 11.1. The molecule has 2 saturated heterocycles. The molecule has 2 aliphatic heterocycles. The van der Waals surface area contributed by atoms with Crippen LogP contribution in [0.15, 0.2) is 18.3 Å². The molecule has 19 heavy (non-hydrogen) atoms. The van der Waals surface area contributed by atoms with Gasteiger partial charge in [0.05, 0.1) is 11.9 Å². The first-order valence-electron chi connectivity index (χ1n) is 7.10. The summed E-state index contributed by atoms with van der Waals surface area (Å²) in [5.74, 6) is 1.01. The van der Waals surface area contributed by atoms with Gasteiger partial charge in [-0.1, -0.05) is 0 Å². The lowest BCUT2D eigenvalue weighted by molar-refractivity contribution is 0.222. The molecule has 0 aliphatic carbocycles. The molecule has 3 heterocycles. The Balaban J connectivity index is 1.60. The van der Waals surface area contributed by atoms with Gasteiger partial charge >= 0.3 is 6.03 Å². The van der Waals surface area contributed by atoms with Crippen LogP contribution in [0.2, 0.25) is 0 Å². The highest BCUT2D eigenvalue weighted by Crippen LogP contribution is 2.19. The largest absolute Gasteiger partial charge is 0.357 e. The summed E-state index contributed by atoms with van der Waals surface area (Å²) in [5, 5.41) is 2.91. The van der Waals surface area contributed by atoms with Gasteiger partial charge in [0.1, 0.15) is 5.82 Å². The molecule has 1 aromatic heterocycles. The number of nitrogens with one attached hydrogen (secondary N) is 1. The number of anilines is 2. The van der Waals surface area contributed by atoms with Gasteiger partial charge in [-0.2, -0.15) is 0 Å². The van der Waals surface area contributed by atoms with E-state index in [1.807, 2.05) is 17.0 Å². The Kier molecular flexibility index (Phi) is 3.53. The first kappa shape index (κ1) is 12.3. The van der Waals surface area contributed by atoms with E-state index in [1.54, 1.807) is 6.20 Å². The van der Waals surface area contributed by atoms with Crippen molar-refractivity contribution in [3.63, 3.8) is 0 Å². The third-order valence-electron chi connectivity index (χ3n) is 3.82. The third-order valence-corrected chi connectivity index (χ3v) is 3.82. The predicted molar refractivity (Wildman–Crippen MR) is 75.5 cm³/mol. The Labute approximate surface area is 113 Å². The molecule has 5 nitrogen and oxygen atoms in total. The van der Waals surface area contributed by atoms with E-state index in [1.165, 1.54) is 12.8 Å². The Morgan fingerprint density at radius 3 is 2.37 bits per heavy atom. The highest BCUT2D eigenvalue weighted by Gasteiger charge is 2.18. The normalized spacial score (nSPS) is 18.9. The number of likely N-dealkylation sites (tertiary alicyclic amines) is 1. The van der Waals surface area contributed by atoms with Crippen molar-refractivity contribution in [2.24, 2.45) is 0 Å². The van der Waals surface area contributed by atoms with Crippen molar-refractivity contribution >= 4 is 17.5 Å². The lowest BCUT2D eigenvalue weighted by Gasteiger charge is -2.18. The van der Waals surface area contributed by atoms with Crippen LogP contribution in [0.25, 0.3) is 0 Å². The molecule has 0 unspecified atom stereocenters. The fraction of sp³-hybridized carbons (Fsp3) is 0.571. The molecule has 0 bridgehead atoms. The summed E-state index contributed by atoms with van der Waals surface area (Å²) in [6.45, 7) is 3.91. The fourth-order valence-corrected chi connectivity index (χ4v) is 2.72. The summed E-state index contributed by atoms with van der Waals surface area (Å²) in [6.07, 6.45) is 6.46. The van der Waals surface area contributed by atoms with E-state index in [0.29, 0.717) is 0 Å². The molecule has 0 spiro atoms. The van der Waals surface area contributed by atoms with Crippen molar-refractivity contribution in [2.75, 3.05) is 36.4 Å². The van der Waals surface area contributed by atoms with E-state index in [2.05, 4.69) is 15.2 Å². The maximum Gasteiger partial charge on any atom is 0.321 e. The van der Waals surface area contributed by atoms with Gasteiger partial charge in [-0.05, 0) is 37.8 Å². The highest BCUT2D eigenvalue weighted by molar-refractivity contribution is 5.89. The monoisotopic (exact) mass is 260 g/mol. The van der Waals surface area contributed by atoms with Gasteiger partial charge in [-0.15, -0.1) is 0 Å². The SMILES string of the molecule is O=C(Nc1ccc(N2CCCC2)nc1)N1CCCC1. The number of urea groups is 1. The van der Waals surface area contributed by atoms with Gasteiger partial charge in [-0.25, -0.2) is 9.78 Å². The Morgan fingerprint density at radius 2 is 1.74 bits per heavy atom. The van der Waals surface area contributed by atoms with Crippen molar-refractivity contribution < 1.29 is 4.79 Å². The second-order valence-electron chi connectivity index (χ2n) is 5.22. The number of rotatable bonds is 2. The van der Waals surface area contributed by atoms with E-state index in [9.17, 15) is 4.79 Å². The number of amides is 2. The molecule has 3 rings (SSSR count). The smallest absolute Gasteiger partial charge is 0.321 e. The van der Waals surface area contributed by atoms with Crippen molar-refractivity contribution in [1.82, 2.24) is 9.88 Å². The third kappa shape index (κ3) is 2.80. The Morgan fingerprint density at radius 1 is 1.05 bits per heavy atom. The number of nitrogens with zero attached hydrogens (tertiary/aromatic N) is 3. The number of carbonyl (C=O) groups excluding carboxylic acids is 1. The van der Waals surface area contributed by atoms with Crippen LogP contribution in [0.4, 0.5) is 16.3 Å². The van der Waals surface area contributed by atoms with Gasteiger partial charge in [0.15, 0.2) is 0 Å². The van der Waals surface area contributed by atoms with Gasteiger partial charge in [0, 0.05) is 26.2 Å². The van der Waals surface area contributed by atoms with E-state index < -0.39 is 0 Å². The van der Waals surface area contributed by atoms with Crippen LogP contribution < -0.4 is 10.2 Å². The van der Waals surface area contributed by atoms with Crippen molar-refractivity contribution in [3.05, 3.63) is 18.3 Å². The molecule has 102 valence electrons. The maximum atomic E-state index is 11.9. The number of pyridine rings is 1. The van der Waals surface area contributed by atoms with Crippen LogP contribution in [-0.2, 0) is 0 Å². The van der Waals surface area contributed by atoms with E-state index in [-0.39, 0.29) is 6.03 Å². The molecular formula is C14H20N4O. The van der Waals surface area contributed by atoms with Crippen LogP contribution in [0, 0.1) is 0 Å². The van der Waals surface area contributed by atoms with Gasteiger partial charge in [-0.3, -0.25) is 0 Å². The number of hydrogen-bond donors (Lipinski definition) is 1. The minimum absolute atomic E-state index is 0.00628. The van der Waals surface area contributed by atoms with Crippen molar-refractivity contribution in [2.45, 2.75) is 25.7 Å². The van der Waals surface area contributed by atoms with Crippen LogP contribution in [0.1, 0.15) is 25.7 Å². The molecular weight excluding hydrogens is 240 g/mol. The topological polar surface area (TPSA) is 48.5 Å². The standard InChI is InChI=1S/C14H20N4O/c19-14(18-9-3-4-10-18)16-12-5-6-13(15-11-12)17-7-1-2-8-17/h5-6,11H,1-4,7-10H2,(H,16,19). The number of hydrogen-bond acceptors (Lipinski definition) is 3. The predicted octanol–water partition coefficient (Wildman–Crippen LogP) is 2.31. The minimum Gasteiger partial charge on any atom is -0.357 e. The van der Waals surface area contributed by atoms with E-state index in [0.717, 1.165) is 50.5 Å². The first-order valence-corrected chi connectivity index (χ1v) is 7.10. The first-order chi connectivity index (χ1) is 9.33. The van der Waals surface area contributed by atoms with Crippen LogP contribution in [-0.4, -0.2) is 42.1 Å². The highest BCUT2D eigenvalue weighted by atomic mass is 16.2. The van der Waals surface area contributed by atoms with Crippen LogP contribution >= 0.6 is 0 Å². The average molecular weight is 260 g/mol. The molecule has 0 aromatic carbocycles. The molecule has 2 amide bonds. The van der Waals surface area contributed by atoms with E-state index in [4.69, 9.17) is 0 Å².